The highest BCUT2D eigenvalue weighted by Gasteiger charge is 2.40. The van der Waals surface area contributed by atoms with Crippen LogP contribution in [0.25, 0.3) is 0 Å². The third-order valence-corrected chi connectivity index (χ3v) is 4.77. The van der Waals surface area contributed by atoms with Gasteiger partial charge in [-0.05, 0) is 36.8 Å². The van der Waals surface area contributed by atoms with Crippen molar-refractivity contribution in [2.75, 3.05) is 31.5 Å². The number of urea groups is 1. The van der Waals surface area contributed by atoms with Gasteiger partial charge in [0, 0.05) is 43.5 Å². The second kappa shape index (κ2) is 10.1. The molecule has 8 nitrogen and oxygen atoms in total. The number of benzene rings is 2. The van der Waals surface area contributed by atoms with Crippen molar-refractivity contribution in [3.05, 3.63) is 65.5 Å². The fourth-order valence-electron chi connectivity index (χ4n) is 3.42. The van der Waals surface area contributed by atoms with E-state index >= 15 is 0 Å². The molecule has 3 rings (SSSR count). The van der Waals surface area contributed by atoms with E-state index in [0.29, 0.717) is 12.5 Å². The molecule has 0 radical (unpaired) electrons. The molecular formula is C21H22F3N5O3. The molecule has 0 aromatic heterocycles. The van der Waals surface area contributed by atoms with E-state index in [1.165, 1.54) is 18.2 Å². The highest BCUT2D eigenvalue weighted by Crippen LogP contribution is 2.21. The van der Waals surface area contributed by atoms with Gasteiger partial charge in [-0.25, -0.2) is 18.0 Å². The molecule has 0 aliphatic carbocycles. The maximum absolute atomic E-state index is 13.6. The Bertz CT molecular complexity index is 1000. The largest absolute Gasteiger partial charge is 0.351 e. The molecule has 1 saturated heterocycles. The predicted molar refractivity (Wildman–Crippen MR) is 110 cm³/mol. The van der Waals surface area contributed by atoms with E-state index in [0.717, 1.165) is 28.0 Å². The Kier molecular flexibility index (Phi) is 7.31. The third-order valence-electron chi connectivity index (χ3n) is 4.77. The van der Waals surface area contributed by atoms with Crippen LogP contribution in [-0.2, 0) is 4.79 Å². The second-order valence-electron chi connectivity index (χ2n) is 7.10. The Labute approximate surface area is 182 Å². The minimum atomic E-state index is -1.40. The van der Waals surface area contributed by atoms with Gasteiger partial charge >= 0.3 is 6.03 Å². The van der Waals surface area contributed by atoms with Crippen LogP contribution in [-0.4, -0.2) is 60.0 Å². The number of carbonyl (C=O) groups is 3. The van der Waals surface area contributed by atoms with Crippen LogP contribution in [0.5, 0.6) is 0 Å². The number of nitrogens with zero attached hydrogens (tertiary/aromatic N) is 2. The first-order valence-corrected chi connectivity index (χ1v) is 9.88. The summed E-state index contributed by atoms with van der Waals surface area (Å²) in [6.45, 7) is 0.396. The zero-order valence-corrected chi connectivity index (χ0v) is 17.0. The Morgan fingerprint density at radius 1 is 0.969 bits per heavy atom. The number of rotatable bonds is 5. The van der Waals surface area contributed by atoms with Crippen molar-refractivity contribution in [1.29, 1.82) is 0 Å². The van der Waals surface area contributed by atoms with Gasteiger partial charge in [-0.3, -0.25) is 14.5 Å². The van der Waals surface area contributed by atoms with Gasteiger partial charge in [-0.15, -0.1) is 0 Å². The molecule has 1 unspecified atom stereocenters. The van der Waals surface area contributed by atoms with Gasteiger partial charge in [0.15, 0.2) is 6.17 Å². The summed E-state index contributed by atoms with van der Waals surface area (Å²) < 4.78 is 40.8. The summed E-state index contributed by atoms with van der Waals surface area (Å²) in [6, 6.07) is 6.76. The van der Waals surface area contributed by atoms with Gasteiger partial charge in [0.2, 0.25) is 0 Å². The van der Waals surface area contributed by atoms with Gasteiger partial charge in [0.1, 0.15) is 17.5 Å². The van der Waals surface area contributed by atoms with E-state index in [4.69, 9.17) is 5.73 Å². The van der Waals surface area contributed by atoms with Crippen LogP contribution >= 0.6 is 0 Å². The predicted octanol–water partition coefficient (Wildman–Crippen LogP) is 1.88. The summed E-state index contributed by atoms with van der Waals surface area (Å²) >= 11 is 0. The second-order valence-corrected chi connectivity index (χ2v) is 7.10. The number of nitrogens with two attached hydrogens (primary N) is 1. The number of hydrogen-bond acceptors (Lipinski definition) is 4. The van der Waals surface area contributed by atoms with Gasteiger partial charge in [-0.1, -0.05) is 6.07 Å². The lowest BCUT2D eigenvalue weighted by atomic mass is 10.1. The van der Waals surface area contributed by atoms with Gasteiger partial charge in [0.05, 0.1) is 0 Å². The molecule has 1 aliphatic rings. The van der Waals surface area contributed by atoms with Crippen molar-refractivity contribution < 1.29 is 27.6 Å². The molecular weight excluding hydrogens is 427 g/mol. The van der Waals surface area contributed by atoms with Crippen LogP contribution in [0.4, 0.5) is 23.7 Å². The molecule has 32 heavy (non-hydrogen) atoms. The Morgan fingerprint density at radius 2 is 1.66 bits per heavy atom. The van der Waals surface area contributed by atoms with Crippen molar-refractivity contribution in [3.63, 3.8) is 0 Å². The van der Waals surface area contributed by atoms with Crippen molar-refractivity contribution in [3.8, 4) is 0 Å². The van der Waals surface area contributed by atoms with Crippen LogP contribution in [0.15, 0.2) is 42.5 Å². The van der Waals surface area contributed by atoms with E-state index in [2.05, 4.69) is 10.6 Å². The number of amides is 4. The summed E-state index contributed by atoms with van der Waals surface area (Å²) in [5.41, 5.74) is 5.29. The van der Waals surface area contributed by atoms with Crippen LogP contribution in [0.2, 0.25) is 0 Å². The van der Waals surface area contributed by atoms with Crippen molar-refractivity contribution >= 4 is 23.5 Å². The highest BCUT2D eigenvalue weighted by molar-refractivity contribution is 6.00. The maximum Gasteiger partial charge on any atom is 0.323 e. The molecule has 0 bridgehead atoms. The molecule has 0 saturated carbocycles. The number of hydrogen-bond donors (Lipinski definition) is 3. The Hall–Kier alpha value is -3.60. The summed E-state index contributed by atoms with van der Waals surface area (Å²) in [4.78, 5) is 41.0. The Morgan fingerprint density at radius 3 is 2.31 bits per heavy atom. The summed E-state index contributed by atoms with van der Waals surface area (Å²) in [5.74, 6) is -3.97. The summed E-state index contributed by atoms with van der Waals surface area (Å²) in [7, 11) is 0. The quantitative estimate of drug-likeness (QED) is 0.648. The molecule has 4 N–H and O–H groups in total. The van der Waals surface area contributed by atoms with E-state index in [-0.39, 0.29) is 37.4 Å². The number of halogens is 3. The van der Waals surface area contributed by atoms with Gasteiger partial charge in [0.25, 0.3) is 11.8 Å². The van der Waals surface area contributed by atoms with Gasteiger partial charge < -0.3 is 21.3 Å². The first-order valence-electron chi connectivity index (χ1n) is 9.88. The first kappa shape index (κ1) is 23.1. The Balaban J connectivity index is 1.90. The number of nitrogens with one attached hydrogen (secondary N) is 2. The van der Waals surface area contributed by atoms with Crippen molar-refractivity contribution in [2.24, 2.45) is 5.73 Å². The average Bonchev–Trinajstić information content (AvgIpc) is 2.75. The monoisotopic (exact) mass is 449 g/mol. The van der Waals surface area contributed by atoms with Crippen LogP contribution in [0.1, 0.15) is 16.8 Å². The van der Waals surface area contributed by atoms with E-state index in [1.807, 2.05) is 0 Å². The maximum atomic E-state index is 13.6. The minimum absolute atomic E-state index is 0.0709. The lowest BCUT2D eigenvalue weighted by molar-refractivity contribution is -0.132. The minimum Gasteiger partial charge on any atom is -0.351 e. The fourth-order valence-corrected chi connectivity index (χ4v) is 3.42. The topological polar surface area (TPSA) is 108 Å². The molecule has 2 aromatic rings. The van der Waals surface area contributed by atoms with Crippen LogP contribution in [0, 0.1) is 17.5 Å². The normalized spacial score (nSPS) is 15.9. The SMILES string of the molecule is NCCNC(=O)C1N(C(=O)Nc2cccc(F)c2)CCCN1C(=O)c1cc(F)cc(F)c1. The molecule has 1 heterocycles. The summed E-state index contributed by atoms with van der Waals surface area (Å²) in [6.07, 6.45) is -1.09. The molecule has 170 valence electrons. The summed E-state index contributed by atoms with van der Waals surface area (Å²) in [5, 5.41) is 5.03. The van der Waals surface area contributed by atoms with E-state index < -0.39 is 41.5 Å². The molecule has 1 fully saturated rings. The molecule has 1 aliphatic heterocycles. The smallest absolute Gasteiger partial charge is 0.323 e. The number of anilines is 1. The highest BCUT2D eigenvalue weighted by atomic mass is 19.1. The van der Waals surface area contributed by atoms with Crippen LogP contribution < -0.4 is 16.4 Å². The van der Waals surface area contributed by atoms with Gasteiger partial charge in [-0.2, -0.15) is 0 Å². The zero-order chi connectivity index (χ0) is 23.3. The van der Waals surface area contributed by atoms with E-state index in [1.54, 1.807) is 0 Å². The lowest BCUT2D eigenvalue weighted by Gasteiger charge is -2.42. The molecule has 2 aromatic carbocycles. The average molecular weight is 449 g/mol. The van der Waals surface area contributed by atoms with Crippen LogP contribution in [0.3, 0.4) is 0 Å². The molecule has 0 spiro atoms. The van der Waals surface area contributed by atoms with Crippen molar-refractivity contribution in [2.45, 2.75) is 12.6 Å². The number of carbonyl (C=O) groups excluding carboxylic acids is 3. The molecule has 4 amide bonds. The third kappa shape index (κ3) is 5.35. The molecule has 11 heteroatoms. The zero-order valence-electron chi connectivity index (χ0n) is 17.0. The van der Waals surface area contributed by atoms with Crippen molar-refractivity contribution in [1.82, 2.24) is 15.1 Å². The van der Waals surface area contributed by atoms with E-state index in [9.17, 15) is 27.6 Å². The standard InChI is InChI=1S/C21H22F3N5O3/c22-14-3-1-4-17(12-14)27-21(32)29-8-2-7-28(19(29)18(30)26-6-5-25)20(31)13-9-15(23)11-16(24)10-13/h1,3-4,9-12,19H,2,5-8,25H2,(H,26,30)(H,27,32). The molecule has 1 atom stereocenters. The lowest BCUT2D eigenvalue weighted by Crippen LogP contribution is -2.64. The fraction of sp³-hybridized carbons (Fsp3) is 0.286. The first-order chi connectivity index (χ1) is 15.3.